The molecule has 0 aliphatic heterocycles. The summed E-state index contributed by atoms with van der Waals surface area (Å²) in [5.41, 5.74) is 2.50. The molecule has 3 N–H and O–H groups in total. The lowest BCUT2D eigenvalue weighted by Gasteiger charge is -2.04. The maximum Gasteiger partial charge on any atom is 0.187 e. The molecule has 5 heteroatoms. The number of anilines is 1. The molecule has 0 aliphatic rings. The van der Waals surface area contributed by atoms with E-state index in [1.54, 1.807) is 6.92 Å². The number of halogens is 1. The molecule has 0 bridgehead atoms. The summed E-state index contributed by atoms with van der Waals surface area (Å²) in [6.45, 7) is 3.48. The number of hydrazine groups is 1. The Kier molecular flexibility index (Phi) is 2.54. The van der Waals surface area contributed by atoms with E-state index in [0.29, 0.717) is 17.9 Å². The average Bonchev–Trinajstić information content (AvgIpc) is 2.09. The highest BCUT2D eigenvalue weighted by Gasteiger charge is 2.08. The van der Waals surface area contributed by atoms with Crippen LogP contribution in [0, 0.1) is 12.7 Å². The van der Waals surface area contributed by atoms with Gasteiger partial charge in [0.05, 0.1) is 5.69 Å². The van der Waals surface area contributed by atoms with Gasteiger partial charge in [0, 0.05) is 6.42 Å². The van der Waals surface area contributed by atoms with Gasteiger partial charge in [-0.2, -0.15) is 0 Å². The lowest BCUT2D eigenvalue weighted by molar-refractivity contribution is 0.600. The summed E-state index contributed by atoms with van der Waals surface area (Å²) in [6.07, 6.45) is 0.662. The number of nitrogens with one attached hydrogen (secondary N) is 1. The fraction of sp³-hybridized carbons (Fsp3) is 0.429. The van der Waals surface area contributed by atoms with Gasteiger partial charge in [0.25, 0.3) is 0 Å². The molecular weight excluding hydrogens is 159 g/mol. The van der Waals surface area contributed by atoms with E-state index in [4.69, 9.17) is 5.84 Å². The molecule has 66 valence electrons. The van der Waals surface area contributed by atoms with Crippen molar-refractivity contribution in [1.29, 1.82) is 0 Å². The summed E-state index contributed by atoms with van der Waals surface area (Å²) in [5, 5.41) is 0. The molecule has 0 amide bonds. The van der Waals surface area contributed by atoms with Crippen LogP contribution in [0.15, 0.2) is 0 Å². The zero-order valence-corrected chi connectivity index (χ0v) is 7.06. The number of nitrogens with two attached hydrogens (primary N) is 1. The van der Waals surface area contributed by atoms with Gasteiger partial charge in [-0.3, -0.25) is 0 Å². The van der Waals surface area contributed by atoms with E-state index in [0.717, 1.165) is 0 Å². The molecule has 0 aliphatic carbocycles. The van der Waals surface area contributed by atoms with Crippen LogP contribution in [-0.2, 0) is 6.42 Å². The van der Waals surface area contributed by atoms with E-state index in [2.05, 4.69) is 15.4 Å². The third-order valence-electron chi connectivity index (χ3n) is 1.52. The Balaban J connectivity index is 3.19. The van der Waals surface area contributed by atoms with Crippen LogP contribution < -0.4 is 11.3 Å². The van der Waals surface area contributed by atoms with Gasteiger partial charge in [0.2, 0.25) is 0 Å². The Labute approximate surface area is 70.0 Å². The second-order valence-electron chi connectivity index (χ2n) is 2.39. The predicted octanol–water partition coefficient (Wildman–Crippen LogP) is 0.772. The molecule has 1 rings (SSSR count). The van der Waals surface area contributed by atoms with Gasteiger partial charge >= 0.3 is 0 Å². The number of aromatic nitrogens is 2. The first-order chi connectivity index (χ1) is 5.69. The highest BCUT2D eigenvalue weighted by atomic mass is 19.1. The summed E-state index contributed by atoms with van der Waals surface area (Å²) in [5.74, 6) is 5.21. The summed E-state index contributed by atoms with van der Waals surface area (Å²) in [7, 11) is 0. The van der Waals surface area contributed by atoms with Gasteiger partial charge < -0.3 is 5.43 Å². The monoisotopic (exact) mass is 170 g/mol. The van der Waals surface area contributed by atoms with Gasteiger partial charge in [0.15, 0.2) is 11.6 Å². The van der Waals surface area contributed by atoms with E-state index < -0.39 is 5.82 Å². The molecule has 0 saturated carbocycles. The van der Waals surface area contributed by atoms with Crippen molar-refractivity contribution >= 4 is 5.82 Å². The second-order valence-corrected chi connectivity index (χ2v) is 2.39. The zero-order valence-electron chi connectivity index (χ0n) is 7.06. The molecule has 0 atom stereocenters. The van der Waals surface area contributed by atoms with Crippen LogP contribution in [0.3, 0.4) is 0 Å². The zero-order chi connectivity index (χ0) is 9.14. The van der Waals surface area contributed by atoms with Gasteiger partial charge in [-0.15, -0.1) is 0 Å². The van der Waals surface area contributed by atoms with Crippen LogP contribution in [0.1, 0.15) is 18.4 Å². The minimum atomic E-state index is -0.491. The van der Waals surface area contributed by atoms with Crippen LogP contribution in [0.4, 0.5) is 10.2 Å². The predicted molar refractivity (Wildman–Crippen MR) is 43.9 cm³/mol. The van der Waals surface area contributed by atoms with Gasteiger partial charge in [0.1, 0.15) is 5.82 Å². The third-order valence-corrected chi connectivity index (χ3v) is 1.52. The topological polar surface area (TPSA) is 63.8 Å². The van der Waals surface area contributed by atoms with Crippen LogP contribution in [-0.4, -0.2) is 9.97 Å². The van der Waals surface area contributed by atoms with E-state index in [9.17, 15) is 4.39 Å². The minimum Gasteiger partial charge on any atom is -0.306 e. The molecule has 0 fully saturated rings. The first kappa shape index (κ1) is 8.86. The number of nitrogens with zero attached hydrogens (tertiary/aromatic N) is 2. The van der Waals surface area contributed by atoms with E-state index in [-0.39, 0.29) is 5.82 Å². The second kappa shape index (κ2) is 3.44. The number of aryl methyl sites for hydroxylation is 2. The van der Waals surface area contributed by atoms with Crippen LogP contribution in [0.5, 0.6) is 0 Å². The molecule has 1 heterocycles. The SMILES string of the molecule is CCc1nc(C)c(F)c(NN)n1. The Morgan fingerprint density at radius 1 is 1.50 bits per heavy atom. The number of nitrogen functional groups attached to an aromatic ring is 1. The molecule has 0 radical (unpaired) electrons. The highest BCUT2D eigenvalue weighted by Crippen LogP contribution is 2.12. The van der Waals surface area contributed by atoms with Gasteiger partial charge in [-0.1, -0.05) is 6.92 Å². The Morgan fingerprint density at radius 3 is 2.67 bits per heavy atom. The van der Waals surface area contributed by atoms with Crippen molar-refractivity contribution in [1.82, 2.24) is 9.97 Å². The van der Waals surface area contributed by atoms with Crippen LogP contribution >= 0.6 is 0 Å². The molecule has 4 nitrogen and oxygen atoms in total. The summed E-state index contributed by atoms with van der Waals surface area (Å²) in [6, 6.07) is 0. The number of rotatable bonds is 2. The van der Waals surface area contributed by atoms with Gasteiger partial charge in [-0.25, -0.2) is 20.2 Å². The Bertz CT molecular complexity index is 287. The molecule has 0 unspecified atom stereocenters. The number of hydrogen-bond acceptors (Lipinski definition) is 4. The Hall–Kier alpha value is -1.23. The summed E-state index contributed by atoms with van der Waals surface area (Å²) < 4.78 is 13.1. The molecule has 0 saturated heterocycles. The largest absolute Gasteiger partial charge is 0.306 e. The molecule has 0 spiro atoms. The van der Waals surface area contributed by atoms with E-state index in [1.807, 2.05) is 6.92 Å². The third kappa shape index (κ3) is 1.50. The van der Waals surface area contributed by atoms with Crippen molar-refractivity contribution in [3.8, 4) is 0 Å². The fourth-order valence-corrected chi connectivity index (χ4v) is 0.871. The summed E-state index contributed by atoms with van der Waals surface area (Å²) in [4.78, 5) is 7.77. The lowest BCUT2D eigenvalue weighted by Crippen LogP contribution is -2.13. The highest BCUT2D eigenvalue weighted by molar-refractivity contribution is 5.36. The van der Waals surface area contributed by atoms with E-state index in [1.165, 1.54) is 0 Å². The maximum absolute atomic E-state index is 13.1. The van der Waals surface area contributed by atoms with Crippen molar-refractivity contribution in [2.75, 3.05) is 5.43 Å². The first-order valence-corrected chi connectivity index (χ1v) is 3.68. The maximum atomic E-state index is 13.1. The Morgan fingerprint density at radius 2 is 2.17 bits per heavy atom. The normalized spacial score (nSPS) is 10.0. The minimum absolute atomic E-state index is 0.0550. The number of hydrogen-bond donors (Lipinski definition) is 2. The van der Waals surface area contributed by atoms with Crippen molar-refractivity contribution in [2.45, 2.75) is 20.3 Å². The molecule has 12 heavy (non-hydrogen) atoms. The lowest BCUT2D eigenvalue weighted by atomic mass is 10.3. The van der Waals surface area contributed by atoms with Crippen molar-refractivity contribution in [3.05, 3.63) is 17.3 Å². The van der Waals surface area contributed by atoms with Crippen molar-refractivity contribution < 1.29 is 4.39 Å². The standard InChI is InChI=1S/C7H11FN4/c1-3-5-10-4(2)6(8)7(11-5)12-9/h3,9H2,1-2H3,(H,10,11,12). The van der Waals surface area contributed by atoms with E-state index >= 15 is 0 Å². The quantitative estimate of drug-likeness (QED) is 0.508. The smallest absolute Gasteiger partial charge is 0.187 e. The summed E-state index contributed by atoms with van der Waals surface area (Å²) >= 11 is 0. The average molecular weight is 170 g/mol. The molecule has 1 aromatic heterocycles. The van der Waals surface area contributed by atoms with Gasteiger partial charge in [-0.05, 0) is 6.92 Å². The van der Waals surface area contributed by atoms with Crippen molar-refractivity contribution in [2.24, 2.45) is 5.84 Å². The van der Waals surface area contributed by atoms with Crippen LogP contribution in [0.25, 0.3) is 0 Å². The van der Waals surface area contributed by atoms with Crippen LogP contribution in [0.2, 0.25) is 0 Å². The fourth-order valence-electron chi connectivity index (χ4n) is 0.871. The van der Waals surface area contributed by atoms with Crippen molar-refractivity contribution in [3.63, 3.8) is 0 Å². The first-order valence-electron chi connectivity index (χ1n) is 3.68. The molecule has 1 aromatic rings. The molecular formula is C7H11FN4. The molecule has 0 aromatic carbocycles.